The normalized spacial score (nSPS) is 10.2. The van der Waals surface area contributed by atoms with Crippen molar-refractivity contribution in [2.24, 2.45) is 0 Å². The number of hydrogen-bond donors (Lipinski definition) is 2. The lowest BCUT2D eigenvalue weighted by Gasteiger charge is -2.11. The number of hydrogen-bond acceptors (Lipinski definition) is 3. The van der Waals surface area contributed by atoms with Crippen molar-refractivity contribution in [1.82, 2.24) is 10.6 Å². The molecule has 0 saturated carbocycles. The molecular weight excluding hydrogens is 355 g/mol. The van der Waals surface area contributed by atoms with Crippen LogP contribution in [0.4, 0.5) is 0 Å². The molecular formula is C16H22Cl2N2O2S. The van der Waals surface area contributed by atoms with Crippen molar-refractivity contribution < 1.29 is 9.53 Å². The third-order valence-corrected chi connectivity index (χ3v) is 3.85. The van der Waals surface area contributed by atoms with E-state index in [1.165, 1.54) is 19.3 Å². The highest BCUT2D eigenvalue weighted by Crippen LogP contribution is 2.27. The van der Waals surface area contributed by atoms with Crippen LogP contribution in [0.5, 0.6) is 5.75 Å². The van der Waals surface area contributed by atoms with Crippen molar-refractivity contribution in [1.29, 1.82) is 0 Å². The van der Waals surface area contributed by atoms with Gasteiger partial charge in [-0.1, -0.05) is 55.8 Å². The molecule has 1 aromatic rings. The molecule has 0 aromatic heterocycles. The summed E-state index contributed by atoms with van der Waals surface area (Å²) in [4.78, 5) is 11.7. The molecule has 1 aromatic carbocycles. The first kappa shape index (κ1) is 20.0. The molecule has 0 atom stereocenters. The highest BCUT2D eigenvalue weighted by molar-refractivity contribution is 7.80. The summed E-state index contributed by atoms with van der Waals surface area (Å²) < 4.78 is 5.33. The number of ether oxygens (including phenoxy) is 1. The minimum absolute atomic E-state index is 0.167. The Kier molecular flexibility index (Phi) is 9.99. The van der Waals surface area contributed by atoms with E-state index in [0.29, 0.717) is 20.9 Å². The number of amides is 1. The van der Waals surface area contributed by atoms with Gasteiger partial charge in [0.05, 0.1) is 5.02 Å². The van der Waals surface area contributed by atoms with E-state index in [9.17, 15) is 4.79 Å². The second-order valence-corrected chi connectivity index (χ2v) is 6.33. The van der Waals surface area contributed by atoms with Gasteiger partial charge in [-0.2, -0.15) is 0 Å². The van der Waals surface area contributed by atoms with E-state index in [2.05, 4.69) is 17.6 Å². The third-order valence-electron chi connectivity index (χ3n) is 3.07. The molecule has 0 heterocycles. The number of rotatable bonds is 9. The van der Waals surface area contributed by atoms with Crippen molar-refractivity contribution in [2.75, 3.05) is 13.2 Å². The van der Waals surface area contributed by atoms with E-state index in [1.54, 1.807) is 18.2 Å². The van der Waals surface area contributed by atoms with E-state index in [4.69, 9.17) is 40.2 Å². The first-order valence-electron chi connectivity index (χ1n) is 7.68. The molecule has 0 aliphatic rings. The Bertz CT molecular complexity index is 527. The summed E-state index contributed by atoms with van der Waals surface area (Å²) in [5.74, 6) is 0.0699. The van der Waals surface area contributed by atoms with Gasteiger partial charge in [-0.25, -0.2) is 0 Å². The molecule has 0 bridgehead atoms. The average molecular weight is 377 g/mol. The Balaban J connectivity index is 2.19. The fraction of sp³-hybridized carbons (Fsp3) is 0.500. The van der Waals surface area contributed by atoms with E-state index >= 15 is 0 Å². The molecule has 0 saturated heterocycles. The monoisotopic (exact) mass is 376 g/mol. The minimum Gasteiger partial charge on any atom is -0.482 e. The number of halogens is 2. The Morgan fingerprint density at radius 2 is 1.96 bits per heavy atom. The van der Waals surface area contributed by atoms with Gasteiger partial charge in [-0.05, 0) is 36.8 Å². The van der Waals surface area contributed by atoms with Crippen LogP contribution < -0.4 is 15.4 Å². The van der Waals surface area contributed by atoms with Gasteiger partial charge in [0, 0.05) is 11.6 Å². The van der Waals surface area contributed by atoms with Crippen molar-refractivity contribution in [3.63, 3.8) is 0 Å². The van der Waals surface area contributed by atoms with Crippen LogP contribution in [-0.4, -0.2) is 24.2 Å². The number of thiocarbonyl (C=S) groups is 1. The summed E-state index contributed by atoms with van der Waals surface area (Å²) in [6.45, 7) is 2.77. The molecule has 1 amide bonds. The number of unbranched alkanes of at least 4 members (excludes halogenated alkanes) is 4. The fourth-order valence-corrected chi connectivity index (χ4v) is 2.55. The Hall–Kier alpha value is -1.04. The standard InChI is InChI=1S/C16H22Cl2N2O2S/c1-2-3-4-5-6-9-19-16(23)20-15(21)11-22-14-8-7-12(17)10-13(14)18/h7-8,10H,2-6,9,11H2,1H3,(H2,19,20,21,23). The molecule has 7 heteroatoms. The average Bonchev–Trinajstić information content (AvgIpc) is 2.50. The van der Waals surface area contributed by atoms with Crippen molar-refractivity contribution in [3.8, 4) is 5.75 Å². The first-order chi connectivity index (χ1) is 11.0. The summed E-state index contributed by atoms with van der Waals surface area (Å²) in [6.07, 6.45) is 5.90. The molecule has 2 N–H and O–H groups in total. The largest absolute Gasteiger partial charge is 0.482 e. The van der Waals surface area contributed by atoms with Crippen LogP contribution in [-0.2, 0) is 4.79 Å². The molecule has 0 fully saturated rings. The zero-order valence-corrected chi connectivity index (χ0v) is 15.5. The van der Waals surface area contributed by atoms with Crippen molar-refractivity contribution in [2.45, 2.75) is 39.0 Å². The van der Waals surface area contributed by atoms with Crippen LogP contribution in [0.1, 0.15) is 39.0 Å². The van der Waals surface area contributed by atoms with E-state index < -0.39 is 0 Å². The van der Waals surface area contributed by atoms with Gasteiger partial charge in [-0.3, -0.25) is 4.79 Å². The molecule has 0 aliphatic heterocycles. The van der Waals surface area contributed by atoms with Crippen molar-refractivity contribution >= 4 is 46.4 Å². The molecule has 0 spiro atoms. The van der Waals surface area contributed by atoms with E-state index in [-0.39, 0.29) is 12.5 Å². The van der Waals surface area contributed by atoms with Gasteiger partial charge >= 0.3 is 0 Å². The van der Waals surface area contributed by atoms with Crippen LogP contribution in [0.3, 0.4) is 0 Å². The predicted octanol–water partition coefficient (Wildman–Crippen LogP) is 4.33. The lowest BCUT2D eigenvalue weighted by atomic mass is 10.1. The quantitative estimate of drug-likeness (QED) is 0.497. The fourth-order valence-electron chi connectivity index (χ4n) is 1.87. The zero-order valence-electron chi connectivity index (χ0n) is 13.2. The van der Waals surface area contributed by atoms with Gasteiger partial charge in [0.15, 0.2) is 11.7 Å². The van der Waals surface area contributed by atoms with Crippen LogP contribution >= 0.6 is 35.4 Å². The van der Waals surface area contributed by atoms with Gasteiger partial charge in [0.1, 0.15) is 5.75 Å². The Labute approximate surface area is 152 Å². The van der Waals surface area contributed by atoms with Gasteiger partial charge < -0.3 is 15.4 Å². The van der Waals surface area contributed by atoms with Crippen LogP contribution in [0.25, 0.3) is 0 Å². The van der Waals surface area contributed by atoms with Crippen LogP contribution in [0, 0.1) is 0 Å². The Morgan fingerprint density at radius 1 is 1.22 bits per heavy atom. The van der Waals surface area contributed by atoms with E-state index in [0.717, 1.165) is 19.4 Å². The lowest BCUT2D eigenvalue weighted by molar-refractivity contribution is -0.121. The maximum absolute atomic E-state index is 11.7. The lowest BCUT2D eigenvalue weighted by Crippen LogP contribution is -2.41. The molecule has 23 heavy (non-hydrogen) atoms. The van der Waals surface area contributed by atoms with Gasteiger partial charge in [-0.15, -0.1) is 0 Å². The summed E-state index contributed by atoms with van der Waals surface area (Å²) in [5, 5.41) is 6.76. The van der Waals surface area contributed by atoms with E-state index in [1.807, 2.05) is 0 Å². The summed E-state index contributed by atoms with van der Waals surface area (Å²) in [5.41, 5.74) is 0. The van der Waals surface area contributed by atoms with Crippen LogP contribution in [0.15, 0.2) is 18.2 Å². The number of carbonyl (C=O) groups excluding carboxylic acids is 1. The number of carbonyl (C=O) groups is 1. The second kappa shape index (κ2) is 11.5. The third kappa shape index (κ3) is 8.98. The second-order valence-electron chi connectivity index (χ2n) is 5.08. The van der Waals surface area contributed by atoms with Gasteiger partial charge in [0.25, 0.3) is 5.91 Å². The maximum atomic E-state index is 11.7. The highest BCUT2D eigenvalue weighted by Gasteiger charge is 2.08. The molecule has 0 unspecified atom stereocenters. The summed E-state index contributed by atoms with van der Waals surface area (Å²) >= 11 is 16.8. The maximum Gasteiger partial charge on any atom is 0.264 e. The first-order valence-corrected chi connectivity index (χ1v) is 8.85. The summed E-state index contributed by atoms with van der Waals surface area (Å²) in [7, 11) is 0. The minimum atomic E-state index is -0.334. The molecule has 1 rings (SSSR count). The smallest absolute Gasteiger partial charge is 0.264 e. The number of nitrogens with one attached hydrogen (secondary N) is 2. The number of benzene rings is 1. The molecule has 128 valence electrons. The van der Waals surface area contributed by atoms with Gasteiger partial charge in [0.2, 0.25) is 0 Å². The molecule has 0 aliphatic carbocycles. The molecule has 0 radical (unpaired) electrons. The zero-order chi connectivity index (χ0) is 17.1. The van der Waals surface area contributed by atoms with Crippen LogP contribution in [0.2, 0.25) is 10.0 Å². The topological polar surface area (TPSA) is 50.4 Å². The highest BCUT2D eigenvalue weighted by atomic mass is 35.5. The summed E-state index contributed by atoms with van der Waals surface area (Å²) in [6, 6.07) is 4.82. The Morgan fingerprint density at radius 3 is 2.65 bits per heavy atom. The SMILES string of the molecule is CCCCCCCNC(=S)NC(=O)COc1ccc(Cl)cc1Cl. The molecule has 4 nitrogen and oxygen atoms in total. The van der Waals surface area contributed by atoms with Crippen molar-refractivity contribution in [3.05, 3.63) is 28.2 Å². The predicted molar refractivity (Wildman–Crippen MR) is 99.5 cm³/mol.